The predicted octanol–water partition coefficient (Wildman–Crippen LogP) is 5.96. The number of carbonyl (C=O) groups is 1. The molecule has 0 bridgehead atoms. The standard InChI is InChI=1S/C25H23F6N5O2S/c1-14-10-21(25(29,30)31)33-36(14)12-22(37)35-8-6-15(7-9-35)23-32-19(13-39-23)18-11-20(38-34-18)16-4-2-3-5-17(16)24(26,27)28/h2-5,10,13,15,20H,6-9,11-12H2,1H3. The van der Waals surface area contributed by atoms with Crippen molar-refractivity contribution >= 4 is 23.0 Å². The van der Waals surface area contributed by atoms with Crippen molar-refractivity contribution in [3.63, 3.8) is 0 Å². The summed E-state index contributed by atoms with van der Waals surface area (Å²) in [4.78, 5) is 24.3. The Morgan fingerprint density at radius 2 is 1.82 bits per heavy atom. The number of alkyl halides is 6. The van der Waals surface area contributed by atoms with Crippen LogP contribution in [0.1, 0.15) is 64.5 Å². The van der Waals surface area contributed by atoms with E-state index >= 15 is 0 Å². The molecule has 0 aliphatic carbocycles. The molecule has 1 atom stereocenters. The molecule has 4 heterocycles. The summed E-state index contributed by atoms with van der Waals surface area (Å²) in [6.45, 7) is 2.04. The van der Waals surface area contributed by atoms with Crippen LogP contribution in [0.15, 0.2) is 40.9 Å². The second kappa shape index (κ2) is 10.3. The van der Waals surface area contributed by atoms with E-state index in [0.29, 0.717) is 37.3 Å². The minimum absolute atomic E-state index is 0.0242. The van der Waals surface area contributed by atoms with Crippen LogP contribution in [-0.2, 0) is 28.5 Å². The van der Waals surface area contributed by atoms with Crippen LogP contribution in [0.4, 0.5) is 26.3 Å². The molecule has 0 N–H and O–H groups in total. The molecule has 2 aliphatic rings. The first-order valence-electron chi connectivity index (χ1n) is 12.1. The van der Waals surface area contributed by atoms with Crippen molar-refractivity contribution < 1.29 is 36.0 Å². The minimum Gasteiger partial charge on any atom is -0.387 e. The van der Waals surface area contributed by atoms with Gasteiger partial charge in [0.05, 0.1) is 16.3 Å². The predicted molar refractivity (Wildman–Crippen MR) is 129 cm³/mol. The van der Waals surface area contributed by atoms with Crippen molar-refractivity contribution in [2.45, 2.75) is 57.1 Å². The number of carbonyl (C=O) groups excluding carboxylic acids is 1. The van der Waals surface area contributed by atoms with E-state index in [1.165, 1.54) is 36.5 Å². The van der Waals surface area contributed by atoms with Crippen molar-refractivity contribution in [3.8, 4) is 0 Å². The van der Waals surface area contributed by atoms with E-state index in [1.54, 1.807) is 10.3 Å². The Morgan fingerprint density at radius 1 is 1.10 bits per heavy atom. The number of amides is 1. The summed E-state index contributed by atoms with van der Waals surface area (Å²) < 4.78 is 80.0. The number of piperidine rings is 1. The number of rotatable bonds is 5. The molecule has 5 rings (SSSR count). The van der Waals surface area contributed by atoms with Crippen LogP contribution in [0.3, 0.4) is 0 Å². The normalized spacial score (nSPS) is 18.8. The Labute approximate surface area is 223 Å². The molecule has 2 aromatic heterocycles. The molecular formula is C25H23F6N5O2S. The lowest BCUT2D eigenvalue weighted by Crippen LogP contribution is -2.40. The molecule has 2 aliphatic heterocycles. The molecule has 1 saturated heterocycles. The van der Waals surface area contributed by atoms with E-state index in [9.17, 15) is 31.1 Å². The van der Waals surface area contributed by atoms with Gasteiger partial charge in [-0.05, 0) is 31.9 Å². The van der Waals surface area contributed by atoms with Gasteiger partial charge in [0, 0.05) is 42.1 Å². The van der Waals surface area contributed by atoms with Gasteiger partial charge in [0.25, 0.3) is 0 Å². The number of nitrogens with zero attached hydrogens (tertiary/aromatic N) is 5. The molecular weight excluding hydrogens is 548 g/mol. The van der Waals surface area contributed by atoms with Crippen LogP contribution in [0.5, 0.6) is 0 Å². The van der Waals surface area contributed by atoms with Gasteiger partial charge in [-0.3, -0.25) is 9.48 Å². The Morgan fingerprint density at radius 3 is 2.49 bits per heavy atom. The highest BCUT2D eigenvalue weighted by Gasteiger charge is 2.38. The number of benzene rings is 1. The molecule has 1 aromatic carbocycles. The first kappa shape index (κ1) is 27.2. The summed E-state index contributed by atoms with van der Waals surface area (Å²) in [6, 6.07) is 6.17. The maximum atomic E-state index is 13.4. The third kappa shape index (κ3) is 5.80. The summed E-state index contributed by atoms with van der Waals surface area (Å²) in [5, 5.41) is 10.2. The highest BCUT2D eigenvalue weighted by molar-refractivity contribution is 7.10. The number of halogens is 6. The summed E-state index contributed by atoms with van der Waals surface area (Å²) in [7, 11) is 0. The second-order valence-electron chi connectivity index (χ2n) is 9.47. The van der Waals surface area contributed by atoms with Crippen molar-refractivity contribution in [3.05, 3.63) is 68.9 Å². The van der Waals surface area contributed by atoms with Gasteiger partial charge in [-0.15, -0.1) is 11.3 Å². The van der Waals surface area contributed by atoms with E-state index in [4.69, 9.17) is 4.84 Å². The van der Waals surface area contributed by atoms with Crippen LogP contribution in [0.2, 0.25) is 0 Å². The van der Waals surface area contributed by atoms with Gasteiger partial charge in [0.1, 0.15) is 12.3 Å². The second-order valence-corrected chi connectivity index (χ2v) is 10.4. The quantitative estimate of drug-likeness (QED) is 0.355. The summed E-state index contributed by atoms with van der Waals surface area (Å²) in [6.07, 6.45) is -8.54. The molecule has 39 heavy (non-hydrogen) atoms. The maximum Gasteiger partial charge on any atom is 0.435 e. The maximum absolute atomic E-state index is 13.4. The molecule has 14 heteroatoms. The molecule has 0 radical (unpaired) electrons. The largest absolute Gasteiger partial charge is 0.435 e. The van der Waals surface area contributed by atoms with Gasteiger partial charge in [-0.2, -0.15) is 31.4 Å². The Bertz CT molecular complexity index is 1390. The van der Waals surface area contributed by atoms with Crippen molar-refractivity contribution in [2.24, 2.45) is 5.16 Å². The number of likely N-dealkylation sites (tertiary alicyclic amines) is 1. The third-order valence-electron chi connectivity index (χ3n) is 6.85. The van der Waals surface area contributed by atoms with Crippen LogP contribution < -0.4 is 0 Å². The summed E-state index contributed by atoms with van der Waals surface area (Å²) in [5.74, 6) is -0.239. The lowest BCUT2D eigenvalue weighted by molar-refractivity contribution is -0.142. The number of aromatic nitrogens is 3. The Kier molecular flexibility index (Phi) is 7.16. The van der Waals surface area contributed by atoms with E-state index in [2.05, 4.69) is 15.2 Å². The highest BCUT2D eigenvalue weighted by atomic mass is 32.1. The first-order valence-corrected chi connectivity index (χ1v) is 13.0. The van der Waals surface area contributed by atoms with E-state index in [0.717, 1.165) is 21.8 Å². The fourth-order valence-corrected chi connectivity index (χ4v) is 5.75. The zero-order valence-corrected chi connectivity index (χ0v) is 21.4. The lowest BCUT2D eigenvalue weighted by Gasteiger charge is -2.31. The number of thiazole rings is 1. The average molecular weight is 572 g/mol. The summed E-state index contributed by atoms with van der Waals surface area (Å²) in [5.41, 5.74) is -0.482. The van der Waals surface area contributed by atoms with Crippen LogP contribution in [0.25, 0.3) is 0 Å². The molecule has 3 aromatic rings. The molecule has 0 saturated carbocycles. The van der Waals surface area contributed by atoms with Gasteiger partial charge < -0.3 is 9.74 Å². The molecule has 208 valence electrons. The van der Waals surface area contributed by atoms with Crippen LogP contribution in [-0.4, -0.2) is 44.4 Å². The molecule has 1 unspecified atom stereocenters. The van der Waals surface area contributed by atoms with Gasteiger partial charge in [-0.25, -0.2) is 4.98 Å². The van der Waals surface area contributed by atoms with Crippen LogP contribution in [0, 0.1) is 6.92 Å². The Balaban J connectivity index is 1.17. The average Bonchev–Trinajstić information content (AvgIpc) is 3.64. The monoisotopic (exact) mass is 571 g/mol. The number of aryl methyl sites for hydroxylation is 1. The number of oxime groups is 1. The van der Waals surface area contributed by atoms with E-state index in [-0.39, 0.29) is 36.0 Å². The van der Waals surface area contributed by atoms with Crippen LogP contribution >= 0.6 is 11.3 Å². The number of hydrogen-bond donors (Lipinski definition) is 0. The zero-order valence-electron chi connectivity index (χ0n) is 20.6. The zero-order chi connectivity index (χ0) is 27.9. The van der Waals surface area contributed by atoms with Crippen molar-refractivity contribution in [1.29, 1.82) is 0 Å². The van der Waals surface area contributed by atoms with Gasteiger partial charge in [-0.1, -0.05) is 23.4 Å². The molecule has 7 nitrogen and oxygen atoms in total. The summed E-state index contributed by atoms with van der Waals surface area (Å²) >= 11 is 1.42. The molecule has 0 spiro atoms. The number of hydrogen-bond acceptors (Lipinski definition) is 6. The van der Waals surface area contributed by atoms with Crippen molar-refractivity contribution in [1.82, 2.24) is 19.7 Å². The van der Waals surface area contributed by atoms with E-state index in [1.807, 2.05) is 0 Å². The minimum atomic E-state index is -4.57. The first-order chi connectivity index (χ1) is 18.4. The van der Waals surface area contributed by atoms with Gasteiger partial charge >= 0.3 is 12.4 Å². The fraction of sp³-hybridized carbons (Fsp3) is 0.440. The molecule has 1 fully saturated rings. The topological polar surface area (TPSA) is 72.6 Å². The van der Waals surface area contributed by atoms with E-state index < -0.39 is 29.7 Å². The highest BCUT2D eigenvalue weighted by Crippen LogP contribution is 2.39. The SMILES string of the molecule is Cc1cc(C(F)(F)F)nn1CC(=O)N1CCC(c2nc(C3=NOC(c4ccccc4C(F)(F)F)C3)cs2)CC1. The third-order valence-corrected chi connectivity index (χ3v) is 7.86. The Hall–Kier alpha value is -3.42. The van der Waals surface area contributed by atoms with Crippen molar-refractivity contribution in [2.75, 3.05) is 13.1 Å². The van der Waals surface area contributed by atoms with Gasteiger partial charge in [0.15, 0.2) is 11.8 Å². The lowest BCUT2D eigenvalue weighted by atomic mass is 9.97. The molecule has 1 amide bonds. The van der Waals surface area contributed by atoms with Gasteiger partial charge in [0.2, 0.25) is 5.91 Å². The smallest absolute Gasteiger partial charge is 0.387 e. The fourth-order valence-electron chi connectivity index (χ4n) is 4.75.